The van der Waals surface area contributed by atoms with E-state index in [9.17, 15) is 14.7 Å². The molecule has 1 aliphatic heterocycles. The normalized spacial score (nSPS) is 16.3. The van der Waals surface area contributed by atoms with Gasteiger partial charge in [0.05, 0.1) is 5.39 Å². The van der Waals surface area contributed by atoms with Crippen LogP contribution in [0.25, 0.3) is 21.7 Å². The minimum atomic E-state index is -1.32. The summed E-state index contributed by atoms with van der Waals surface area (Å²) >= 11 is 7.18. The molecule has 3 aromatic heterocycles. The first-order valence-corrected chi connectivity index (χ1v) is 9.83. The summed E-state index contributed by atoms with van der Waals surface area (Å²) in [5.41, 5.74) is 0.640. The molecule has 29 heavy (non-hydrogen) atoms. The zero-order chi connectivity index (χ0) is 20.9. The molecule has 0 saturated heterocycles. The molecule has 1 N–H and O–H groups in total. The minimum absolute atomic E-state index is 0.191. The van der Waals surface area contributed by atoms with Crippen LogP contribution in [0.1, 0.15) is 28.7 Å². The van der Waals surface area contributed by atoms with Crippen molar-refractivity contribution in [2.24, 2.45) is 0 Å². The first kappa shape index (κ1) is 19.3. The Morgan fingerprint density at radius 2 is 2.10 bits per heavy atom. The van der Waals surface area contributed by atoms with Crippen LogP contribution in [-0.2, 0) is 0 Å². The van der Waals surface area contributed by atoms with Crippen LogP contribution in [0.15, 0.2) is 35.4 Å². The highest BCUT2D eigenvalue weighted by atomic mass is 35.5. The third kappa shape index (κ3) is 3.32. The van der Waals surface area contributed by atoms with E-state index < -0.39 is 11.4 Å². The zero-order valence-corrected chi connectivity index (χ0v) is 17.3. The molecule has 148 valence electrons. The molecule has 8 nitrogen and oxygen atoms in total. The first-order valence-electron chi connectivity index (χ1n) is 8.68. The van der Waals surface area contributed by atoms with E-state index in [-0.39, 0.29) is 27.8 Å². The van der Waals surface area contributed by atoms with E-state index in [4.69, 9.17) is 11.6 Å². The smallest absolute Gasteiger partial charge is 0.341 e. The van der Waals surface area contributed by atoms with Crippen LogP contribution in [0.5, 0.6) is 0 Å². The fourth-order valence-electron chi connectivity index (χ4n) is 3.07. The molecule has 4 heterocycles. The van der Waals surface area contributed by atoms with Crippen molar-refractivity contribution in [2.75, 3.05) is 7.05 Å². The minimum Gasteiger partial charge on any atom is -0.477 e. The van der Waals surface area contributed by atoms with Crippen molar-refractivity contribution in [3.05, 3.63) is 62.9 Å². The molecule has 0 amide bonds. The Labute approximate surface area is 174 Å². The predicted octanol–water partition coefficient (Wildman–Crippen LogP) is 3.13. The molecule has 0 aromatic carbocycles. The average Bonchev–Trinajstić information content (AvgIpc) is 3.13. The summed E-state index contributed by atoms with van der Waals surface area (Å²) in [6, 6.07) is 1.80. The molecule has 0 aliphatic carbocycles. The lowest BCUT2D eigenvalue weighted by atomic mass is 10.1. The largest absolute Gasteiger partial charge is 0.477 e. The second kappa shape index (κ2) is 7.09. The topological polar surface area (TPSA) is 101 Å². The van der Waals surface area contributed by atoms with Gasteiger partial charge in [0.15, 0.2) is 11.5 Å². The lowest BCUT2D eigenvalue weighted by Crippen LogP contribution is -2.24. The molecule has 1 unspecified atom stereocenters. The van der Waals surface area contributed by atoms with Gasteiger partial charge in [0.1, 0.15) is 10.7 Å². The second-order valence-corrected chi connectivity index (χ2v) is 7.88. The van der Waals surface area contributed by atoms with E-state index in [1.807, 2.05) is 30.3 Å². The number of hydrogen-bond donors (Lipinski definition) is 1. The fraction of sp³-hybridized carbons (Fsp3) is 0.211. The Balaban J connectivity index is 1.93. The number of nitrogens with zero attached hydrogens (tertiary/aromatic N) is 5. The van der Waals surface area contributed by atoms with E-state index in [1.54, 1.807) is 6.92 Å². The van der Waals surface area contributed by atoms with Crippen molar-refractivity contribution in [2.45, 2.75) is 19.9 Å². The van der Waals surface area contributed by atoms with Gasteiger partial charge in [-0.3, -0.25) is 9.36 Å². The molecule has 1 atom stereocenters. The Morgan fingerprint density at radius 3 is 2.79 bits per heavy atom. The molecular formula is C19H16ClN5O3S. The average molecular weight is 430 g/mol. The summed E-state index contributed by atoms with van der Waals surface area (Å²) in [6.45, 7) is 3.76. The monoisotopic (exact) mass is 429 g/mol. The standard InChI is InChI=1S/C19H16ClN5O3S/c1-9-6-13(20)21-17-14(9)15(26)12(18(27)28)8-25(17)19-22-16(23-29-19)11-5-4-10(2)24(3)7-11/h4-8,10H,1-3H3,(H,27,28). The molecule has 1 aliphatic rings. The van der Waals surface area contributed by atoms with Gasteiger partial charge in [-0.25, -0.2) is 9.78 Å². The van der Waals surface area contributed by atoms with E-state index in [0.717, 1.165) is 17.1 Å². The maximum absolute atomic E-state index is 12.7. The summed E-state index contributed by atoms with van der Waals surface area (Å²) in [7, 11) is 1.96. The summed E-state index contributed by atoms with van der Waals surface area (Å²) < 4.78 is 5.86. The van der Waals surface area contributed by atoms with Crippen molar-refractivity contribution < 1.29 is 9.90 Å². The third-order valence-corrected chi connectivity index (χ3v) is 5.68. The molecular weight excluding hydrogens is 414 g/mol. The number of aryl methyl sites for hydroxylation is 1. The molecule has 0 fully saturated rings. The van der Waals surface area contributed by atoms with Crippen LogP contribution in [0.4, 0.5) is 0 Å². The van der Waals surface area contributed by atoms with Crippen molar-refractivity contribution in [3.8, 4) is 5.13 Å². The number of rotatable bonds is 3. The lowest BCUT2D eigenvalue weighted by molar-refractivity contribution is 0.0695. The van der Waals surface area contributed by atoms with Crippen LogP contribution in [-0.4, -0.2) is 48.0 Å². The fourth-order valence-corrected chi connectivity index (χ4v) is 3.99. The van der Waals surface area contributed by atoms with Crippen LogP contribution in [0, 0.1) is 6.92 Å². The maximum atomic E-state index is 12.7. The lowest BCUT2D eigenvalue weighted by Gasteiger charge is -2.24. The number of fused-ring (bicyclic) bond motifs is 1. The number of aromatic carboxylic acids is 1. The van der Waals surface area contributed by atoms with Crippen LogP contribution in [0.3, 0.4) is 0 Å². The number of carbonyl (C=O) groups is 1. The van der Waals surface area contributed by atoms with E-state index in [2.05, 4.69) is 21.3 Å². The Hall–Kier alpha value is -3.04. The van der Waals surface area contributed by atoms with Gasteiger partial charge in [-0.1, -0.05) is 23.8 Å². The summed E-state index contributed by atoms with van der Waals surface area (Å²) in [5.74, 6) is -0.819. The molecule has 10 heteroatoms. The van der Waals surface area contributed by atoms with Crippen LogP contribution < -0.4 is 5.43 Å². The van der Waals surface area contributed by atoms with Crippen molar-refractivity contribution in [1.29, 1.82) is 0 Å². The quantitative estimate of drug-likeness (QED) is 0.638. The summed E-state index contributed by atoms with van der Waals surface area (Å²) in [4.78, 5) is 35.1. The van der Waals surface area contributed by atoms with Gasteiger partial charge < -0.3 is 10.0 Å². The van der Waals surface area contributed by atoms with Crippen molar-refractivity contribution in [1.82, 2.24) is 23.8 Å². The Bertz CT molecular complexity index is 1280. The number of allylic oxidation sites excluding steroid dienone is 2. The van der Waals surface area contributed by atoms with E-state index in [1.165, 1.54) is 16.8 Å². The molecule has 0 saturated carbocycles. The number of hydrogen-bond acceptors (Lipinski definition) is 7. The molecule has 0 bridgehead atoms. The van der Waals surface area contributed by atoms with E-state index in [0.29, 0.717) is 16.5 Å². The van der Waals surface area contributed by atoms with Gasteiger partial charge in [-0.05, 0) is 25.5 Å². The van der Waals surface area contributed by atoms with Gasteiger partial charge in [-0.15, -0.1) is 0 Å². The van der Waals surface area contributed by atoms with Gasteiger partial charge in [0.25, 0.3) is 0 Å². The molecule has 0 spiro atoms. The predicted molar refractivity (Wildman–Crippen MR) is 112 cm³/mol. The number of halogens is 1. The summed E-state index contributed by atoms with van der Waals surface area (Å²) in [6.07, 6.45) is 7.15. The Morgan fingerprint density at radius 1 is 1.34 bits per heavy atom. The molecule has 4 rings (SSSR count). The van der Waals surface area contributed by atoms with E-state index >= 15 is 0 Å². The SMILES string of the molecule is Cc1cc(Cl)nc2c1c(=O)c(C(=O)O)cn2-c1nc(C2=CN(C)C(C)C=C2)ns1. The highest BCUT2D eigenvalue weighted by Gasteiger charge is 2.21. The maximum Gasteiger partial charge on any atom is 0.341 e. The number of carboxylic acids is 1. The number of likely N-dealkylation sites (N-methyl/N-ethyl adjacent to an activating group) is 1. The van der Waals surface area contributed by atoms with Gasteiger partial charge in [-0.2, -0.15) is 9.36 Å². The van der Waals surface area contributed by atoms with Crippen molar-refractivity contribution >= 4 is 45.7 Å². The zero-order valence-electron chi connectivity index (χ0n) is 15.8. The van der Waals surface area contributed by atoms with Crippen LogP contribution in [0.2, 0.25) is 5.15 Å². The van der Waals surface area contributed by atoms with Gasteiger partial charge in [0, 0.05) is 42.6 Å². The first-order chi connectivity index (χ1) is 13.8. The van der Waals surface area contributed by atoms with Gasteiger partial charge in [0.2, 0.25) is 10.6 Å². The number of aromatic nitrogens is 4. The van der Waals surface area contributed by atoms with Gasteiger partial charge >= 0.3 is 5.97 Å². The highest BCUT2D eigenvalue weighted by Crippen LogP contribution is 2.25. The highest BCUT2D eigenvalue weighted by molar-refractivity contribution is 7.08. The summed E-state index contributed by atoms with van der Waals surface area (Å²) in [5, 5.41) is 10.3. The van der Waals surface area contributed by atoms with Crippen LogP contribution >= 0.6 is 23.1 Å². The molecule has 3 aromatic rings. The number of pyridine rings is 2. The number of carboxylic acid groups (broad SMARTS) is 1. The third-order valence-electron chi connectivity index (χ3n) is 4.77. The Kier molecular flexibility index (Phi) is 4.71. The second-order valence-electron chi connectivity index (χ2n) is 6.76. The van der Waals surface area contributed by atoms with Crippen molar-refractivity contribution in [3.63, 3.8) is 0 Å². The molecule has 0 radical (unpaired) electrons.